The third-order valence-electron chi connectivity index (χ3n) is 2.73. The molecule has 0 saturated carbocycles. The van der Waals surface area contributed by atoms with E-state index >= 15 is 0 Å². The van der Waals surface area contributed by atoms with E-state index in [0.29, 0.717) is 5.92 Å². The van der Waals surface area contributed by atoms with Crippen molar-refractivity contribution >= 4 is 22.7 Å². The third kappa shape index (κ3) is 2.92. The van der Waals surface area contributed by atoms with Crippen LogP contribution in [0, 0.1) is 0 Å². The van der Waals surface area contributed by atoms with E-state index < -0.39 is 0 Å². The number of aromatic nitrogens is 1. The molecular formula is C13H17N3OS. The Morgan fingerprint density at radius 3 is 3.00 bits per heavy atom. The molecule has 18 heavy (non-hydrogen) atoms. The number of ether oxygens (including phenoxy) is 1. The van der Waals surface area contributed by atoms with Crippen LogP contribution in [-0.4, -0.2) is 18.6 Å². The van der Waals surface area contributed by atoms with Gasteiger partial charge in [-0.2, -0.15) is 0 Å². The first-order chi connectivity index (χ1) is 8.70. The lowest BCUT2D eigenvalue weighted by molar-refractivity contribution is 0.415. The Labute approximate surface area is 111 Å². The number of rotatable bonds is 5. The Kier molecular flexibility index (Phi) is 4.04. The summed E-state index contributed by atoms with van der Waals surface area (Å²) < 4.78 is 5.18. The maximum Gasteiger partial charge on any atom is 0.121 e. The van der Waals surface area contributed by atoms with Gasteiger partial charge in [0.1, 0.15) is 5.75 Å². The van der Waals surface area contributed by atoms with Crippen molar-refractivity contribution in [1.29, 1.82) is 0 Å². The van der Waals surface area contributed by atoms with Gasteiger partial charge in [0.2, 0.25) is 0 Å². The number of benzene rings is 1. The van der Waals surface area contributed by atoms with Crippen LogP contribution in [0.5, 0.6) is 5.75 Å². The molecule has 2 rings (SSSR count). The summed E-state index contributed by atoms with van der Waals surface area (Å²) in [5.74, 6) is 1.16. The topological polar surface area (TPSA) is 60.2 Å². The van der Waals surface area contributed by atoms with Crippen molar-refractivity contribution in [1.82, 2.24) is 4.98 Å². The summed E-state index contributed by atoms with van der Waals surface area (Å²) >= 11 is 1.67. The highest BCUT2D eigenvalue weighted by Crippen LogP contribution is 2.26. The van der Waals surface area contributed by atoms with E-state index in [9.17, 15) is 0 Å². The van der Waals surface area contributed by atoms with Gasteiger partial charge in [0.15, 0.2) is 0 Å². The summed E-state index contributed by atoms with van der Waals surface area (Å²) in [6.45, 7) is 2.94. The van der Waals surface area contributed by atoms with E-state index in [1.165, 1.54) is 0 Å². The SMILES string of the molecule is COc1ccc(N)c(NCC(C)c2nccs2)c1. The smallest absolute Gasteiger partial charge is 0.121 e. The van der Waals surface area contributed by atoms with Gasteiger partial charge in [0.25, 0.3) is 0 Å². The number of thiazole rings is 1. The number of methoxy groups -OCH3 is 1. The van der Waals surface area contributed by atoms with Gasteiger partial charge in [-0.15, -0.1) is 11.3 Å². The molecule has 0 bridgehead atoms. The van der Waals surface area contributed by atoms with Crippen molar-refractivity contribution in [3.8, 4) is 5.75 Å². The van der Waals surface area contributed by atoms with Crippen molar-refractivity contribution < 1.29 is 4.74 Å². The summed E-state index contributed by atoms with van der Waals surface area (Å²) in [7, 11) is 1.65. The molecule has 0 fully saturated rings. The summed E-state index contributed by atoms with van der Waals surface area (Å²) in [6.07, 6.45) is 1.83. The van der Waals surface area contributed by atoms with Crippen LogP contribution in [0.2, 0.25) is 0 Å². The molecule has 1 unspecified atom stereocenters. The molecule has 2 aromatic rings. The monoisotopic (exact) mass is 263 g/mol. The summed E-state index contributed by atoms with van der Waals surface area (Å²) in [4.78, 5) is 4.31. The Bertz CT molecular complexity index is 499. The van der Waals surface area contributed by atoms with Crippen LogP contribution < -0.4 is 15.8 Å². The number of nitrogens with zero attached hydrogens (tertiary/aromatic N) is 1. The highest BCUT2D eigenvalue weighted by atomic mass is 32.1. The first kappa shape index (κ1) is 12.7. The quantitative estimate of drug-likeness (QED) is 0.814. The summed E-state index contributed by atoms with van der Waals surface area (Å²) in [5.41, 5.74) is 7.54. The lowest BCUT2D eigenvalue weighted by Gasteiger charge is -2.14. The minimum Gasteiger partial charge on any atom is -0.497 e. The molecule has 0 saturated heterocycles. The number of nitrogen functional groups attached to an aromatic ring is 1. The number of nitrogens with two attached hydrogens (primary N) is 1. The van der Waals surface area contributed by atoms with Crippen molar-refractivity contribution in [2.75, 3.05) is 24.7 Å². The predicted octanol–water partition coefficient (Wildman–Crippen LogP) is 2.95. The number of nitrogens with one attached hydrogen (secondary N) is 1. The standard InChI is InChI=1S/C13H17N3OS/c1-9(13-15-5-6-18-13)8-16-12-7-10(17-2)3-4-11(12)14/h3-7,9,16H,8,14H2,1-2H3. The normalized spacial score (nSPS) is 12.1. The summed E-state index contributed by atoms with van der Waals surface area (Å²) in [5, 5.41) is 6.46. The van der Waals surface area contributed by atoms with E-state index in [2.05, 4.69) is 17.2 Å². The Hall–Kier alpha value is -1.75. The van der Waals surface area contributed by atoms with Gasteiger partial charge in [-0.05, 0) is 12.1 Å². The average molecular weight is 263 g/mol. The highest BCUT2D eigenvalue weighted by Gasteiger charge is 2.09. The molecular weight excluding hydrogens is 246 g/mol. The van der Waals surface area contributed by atoms with Crippen LogP contribution in [0.15, 0.2) is 29.8 Å². The molecule has 1 heterocycles. The van der Waals surface area contributed by atoms with Gasteiger partial charge in [-0.25, -0.2) is 4.98 Å². The van der Waals surface area contributed by atoms with Crippen LogP contribution in [-0.2, 0) is 0 Å². The molecule has 0 aliphatic carbocycles. The molecule has 0 aliphatic heterocycles. The van der Waals surface area contributed by atoms with Crippen LogP contribution in [0.3, 0.4) is 0 Å². The molecule has 4 nitrogen and oxygen atoms in total. The molecule has 1 aromatic carbocycles. The van der Waals surface area contributed by atoms with Crippen molar-refractivity contribution in [2.45, 2.75) is 12.8 Å². The van der Waals surface area contributed by atoms with Crippen LogP contribution >= 0.6 is 11.3 Å². The highest BCUT2D eigenvalue weighted by molar-refractivity contribution is 7.09. The van der Waals surface area contributed by atoms with Crippen molar-refractivity contribution in [2.24, 2.45) is 0 Å². The van der Waals surface area contributed by atoms with Crippen LogP contribution in [0.25, 0.3) is 0 Å². The molecule has 1 aromatic heterocycles. The third-order valence-corrected chi connectivity index (χ3v) is 3.74. The number of hydrogen-bond donors (Lipinski definition) is 2. The van der Waals surface area contributed by atoms with E-state index in [-0.39, 0.29) is 0 Å². The van der Waals surface area contributed by atoms with Crippen LogP contribution in [0.4, 0.5) is 11.4 Å². The minimum atomic E-state index is 0.357. The predicted molar refractivity (Wildman–Crippen MR) is 76.4 cm³/mol. The summed E-state index contributed by atoms with van der Waals surface area (Å²) in [6, 6.07) is 5.60. The van der Waals surface area contributed by atoms with Gasteiger partial charge in [0, 0.05) is 30.1 Å². The second kappa shape index (κ2) is 5.73. The first-order valence-corrected chi connectivity index (χ1v) is 6.65. The van der Waals surface area contributed by atoms with Gasteiger partial charge in [0.05, 0.1) is 23.5 Å². The van der Waals surface area contributed by atoms with Gasteiger partial charge >= 0.3 is 0 Å². The lowest BCUT2D eigenvalue weighted by Crippen LogP contribution is -2.11. The largest absolute Gasteiger partial charge is 0.497 e. The molecule has 0 amide bonds. The second-order valence-electron chi connectivity index (χ2n) is 4.11. The molecule has 3 N–H and O–H groups in total. The van der Waals surface area contributed by atoms with Gasteiger partial charge in [-0.1, -0.05) is 6.92 Å². The fourth-order valence-corrected chi connectivity index (χ4v) is 2.34. The zero-order chi connectivity index (χ0) is 13.0. The maximum absolute atomic E-state index is 5.92. The van der Waals surface area contributed by atoms with Crippen molar-refractivity contribution in [3.63, 3.8) is 0 Å². The molecule has 96 valence electrons. The number of hydrogen-bond acceptors (Lipinski definition) is 5. The van der Waals surface area contributed by atoms with E-state index in [1.54, 1.807) is 18.4 Å². The Balaban J connectivity index is 2.01. The van der Waals surface area contributed by atoms with Crippen LogP contribution in [0.1, 0.15) is 17.8 Å². The van der Waals surface area contributed by atoms with Gasteiger partial charge in [-0.3, -0.25) is 0 Å². The van der Waals surface area contributed by atoms with Gasteiger partial charge < -0.3 is 15.8 Å². The maximum atomic E-state index is 5.92. The zero-order valence-corrected chi connectivity index (χ0v) is 11.3. The zero-order valence-electron chi connectivity index (χ0n) is 10.5. The van der Waals surface area contributed by atoms with E-state index in [1.807, 2.05) is 29.8 Å². The van der Waals surface area contributed by atoms with E-state index in [4.69, 9.17) is 10.5 Å². The van der Waals surface area contributed by atoms with Crippen molar-refractivity contribution in [3.05, 3.63) is 34.8 Å². The lowest BCUT2D eigenvalue weighted by atomic mass is 10.2. The molecule has 5 heteroatoms. The average Bonchev–Trinajstić information content (AvgIpc) is 2.91. The number of anilines is 2. The Morgan fingerprint density at radius 1 is 1.50 bits per heavy atom. The fraction of sp³-hybridized carbons (Fsp3) is 0.308. The fourth-order valence-electron chi connectivity index (χ4n) is 1.64. The molecule has 1 atom stereocenters. The molecule has 0 aliphatic rings. The first-order valence-electron chi connectivity index (χ1n) is 5.77. The Morgan fingerprint density at radius 2 is 2.33 bits per heavy atom. The molecule has 0 spiro atoms. The minimum absolute atomic E-state index is 0.357. The second-order valence-corrected chi connectivity index (χ2v) is 5.03. The molecule has 0 radical (unpaired) electrons. The van der Waals surface area contributed by atoms with E-state index in [0.717, 1.165) is 28.7 Å².